The number of ether oxygens (including phenoxy) is 1. The molecule has 2 saturated heterocycles. The molecule has 5 amide bonds. The van der Waals surface area contributed by atoms with Gasteiger partial charge in [-0.15, -0.1) is 0 Å². The second-order valence-corrected chi connectivity index (χ2v) is 12.1. The van der Waals surface area contributed by atoms with Crippen LogP contribution in [0.5, 0.6) is 0 Å². The zero-order valence-electron chi connectivity index (χ0n) is 31.2. The molecule has 3 heterocycles. The molecule has 14 heteroatoms. The zero-order valence-corrected chi connectivity index (χ0v) is 31.2. The molecule has 0 radical (unpaired) electrons. The summed E-state index contributed by atoms with van der Waals surface area (Å²) in [5.74, 6) is -0.644. The van der Waals surface area contributed by atoms with E-state index in [-0.39, 0.29) is 23.6 Å². The molecule has 0 aromatic heterocycles. The van der Waals surface area contributed by atoms with Crippen LogP contribution in [0.3, 0.4) is 0 Å². The van der Waals surface area contributed by atoms with Crippen LogP contribution in [-0.4, -0.2) is 87.9 Å². The van der Waals surface area contributed by atoms with Gasteiger partial charge in [0.1, 0.15) is 12.1 Å². The minimum Gasteiger partial charge on any atom is -0.429 e. The number of hydrogen-bond acceptors (Lipinski definition) is 9. The number of carbonyl (C=O) groups excluding carboxylic acids is 6. The van der Waals surface area contributed by atoms with Crippen LogP contribution in [0, 0.1) is 11.8 Å². The van der Waals surface area contributed by atoms with E-state index in [4.69, 9.17) is 28.0 Å². The monoisotopic (exact) mass is 698 g/mol. The summed E-state index contributed by atoms with van der Waals surface area (Å²) in [6.45, 7) is 17.2. The number of cyclic esters (lactones) is 1. The number of carbonyl (C=O) groups is 6. The Morgan fingerprint density at radius 2 is 1.16 bits per heavy atom. The quantitative estimate of drug-likeness (QED) is 0.167. The summed E-state index contributed by atoms with van der Waals surface area (Å²) in [4.78, 5) is 69.5. The van der Waals surface area contributed by atoms with Crippen LogP contribution < -0.4 is 22.9 Å². The minimum absolute atomic E-state index is 0.0825. The Bertz CT molecular complexity index is 1020. The normalized spacial score (nSPS) is 21.2. The molecule has 0 saturated carbocycles. The third-order valence-electron chi connectivity index (χ3n) is 8.25. The molecule has 14 nitrogen and oxygen atoms in total. The van der Waals surface area contributed by atoms with Gasteiger partial charge in [-0.25, -0.2) is 4.79 Å². The average molecular weight is 699 g/mol. The lowest BCUT2D eigenvalue weighted by Crippen LogP contribution is -2.45. The van der Waals surface area contributed by atoms with E-state index in [1.807, 2.05) is 41.5 Å². The Balaban J connectivity index is 0. The third-order valence-corrected chi connectivity index (χ3v) is 8.25. The maximum atomic E-state index is 11.7. The van der Waals surface area contributed by atoms with E-state index in [9.17, 15) is 28.8 Å². The third kappa shape index (κ3) is 17.6. The lowest BCUT2D eigenvalue weighted by Gasteiger charge is -2.24. The predicted molar refractivity (Wildman–Crippen MR) is 190 cm³/mol. The van der Waals surface area contributed by atoms with Crippen LogP contribution in [0.15, 0.2) is 11.6 Å². The molecule has 49 heavy (non-hydrogen) atoms. The molecular weight excluding hydrogens is 632 g/mol. The van der Waals surface area contributed by atoms with Crippen LogP contribution in [0.25, 0.3) is 0 Å². The van der Waals surface area contributed by atoms with E-state index >= 15 is 0 Å². The van der Waals surface area contributed by atoms with Crippen molar-refractivity contribution in [3.05, 3.63) is 11.6 Å². The summed E-state index contributed by atoms with van der Waals surface area (Å²) in [7, 11) is 0. The van der Waals surface area contributed by atoms with Gasteiger partial charge in [0.25, 0.3) is 0 Å². The molecule has 3 aliphatic rings. The maximum absolute atomic E-state index is 11.7. The van der Waals surface area contributed by atoms with Crippen molar-refractivity contribution in [2.45, 2.75) is 150 Å². The van der Waals surface area contributed by atoms with Crippen molar-refractivity contribution in [2.24, 2.45) is 34.8 Å². The molecule has 0 aromatic carbocycles. The van der Waals surface area contributed by atoms with E-state index in [2.05, 4.69) is 18.6 Å². The van der Waals surface area contributed by atoms with Gasteiger partial charge in [-0.1, -0.05) is 74.7 Å². The number of aliphatic hydroxyl groups is 1. The summed E-state index contributed by atoms with van der Waals surface area (Å²) in [5, 5.41) is 8.98. The summed E-state index contributed by atoms with van der Waals surface area (Å²) in [6.07, 6.45) is 9.30. The summed E-state index contributed by atoms with van der Waals surface area (Å²) in [5.41, 5.74) is 21.2. The second-order valence-electron chi connectivity index (χ2n) is 12.1. The van der Waals surface area contributed by atoms with Gasteiger partial charge in [0.2, 0.25) is 35.8 Å². The average Bonchev–Trinajstić information content (AvgIpc) is 3.70. The van der Waals surface area contributed by atoms with Crippen LogP contribution in [0.4, 0.5) is 0 Å². The van der Waals surface area contributed by atoms with Gasteiger partial charge in [-0.3, -0.25) is 24.0 Å². The van der Waals surface area contributed by atoms with Gasteiger partial charge in [0.15, 0.2) is 0 Å². The Morgan fingerprint density at radius 1 is 0.755 bits per heavy atom. The highest BCUT2D eigenvalue weighted by molar-refractivity contribution is 5.88. The number of nitrogens with two attached hydrogens (primary N) is 4. The number of rotatable bonds is 14. The molecule has 0 bridgehead atoms. The molecule has 284 valence electrons. The zero-order chi connectivity index (χ0) is 38.3. The van der Waals surface area contributed by atoms with Crippen molar-refractivity contribution < 1.29 is 38.6 Å². The summed E-state index contributed by atoms with van der Waals surface area (Å²) in [6, 6.07) is -1.27. The molecule has 0 aromatic rings. The standard InChI is InChI=1S/2C11H20N2O2.C7H10O3.C4H10N2O.C2H6/c2*1-3-5-8-6-10(14)13(7-8)9(4-2)11(12)15;1-2-3-5-4-6(8)10-7(5)9;1-2-3(5)4(6)7;1-2/h2*8-9H,3-7H2,1-2H3,(H2,12,15);4,7,9H,2-3H2,1H3;3H,2,5H2,1H3,(H2,6,7);1-2H3/t8-,9+;8-,9-;;3-;/m10.0./s1. The van der Waals surface area contributed by atoms with E-state index in [0.29, 0.717) is 62.6 Å². The number of hydrogen-bond donors (Lipinski definition) is 5. The Labute approximate surface area is 293 Å². The number of primary amides is 3. The Morgan fingerprint density at radius 3 is 1.39 bits per heavy atom. The van der Waals surface area contributed by atoms with E-state index in [1.54, 1.807) is 9.80 Å². The number of esters is 1. The van der Waals surface area contributed by atoms with Crippen LogP contribution in [0.2, 0.25) is 0 Å². The first-order valence-electron chi connectivity index (χ1n) is 17.9. The van der Waals surface area contributed by atoms with Crippen molar-refractivity contribution in [3.63, 3.8) is 0 Å². The van der Waals surface area contributed by atoms with Gasteiger partial charge in [-0.05, 0) is 50.4 Å². The van der Waals surface area contributed by atoms with Crippen molar-refractivity contribution in [2.75, 3.05) is 13.1 Å². The largest absolute Gasteiger partial charge is 0.429 e. The first kappa shape index (κ1) is 47.6. The molecule has 0 spiro atoms. The fourth-order valence-corrected chi connectivity index (χ4v) is 5.70. The predicted octanol–water partition coefficient (Wildman–Crippen LogP) is 2.62. The van der Waals surface area contributed by atoms with E-state index < -0.39 is 36.3 Å². The Hall–Kier alpha value is -3.52. The molecule has 0 aliphatic carbocycles. The van der Waals surface area contributed by atoms with Crippen molar-refractivity contribution in [3.8, 4) is 0 Å². The highest BCUT2D eigenvalue weighted by Gasteiger charge is 2.36. The van der Waals surface area contributed by atoms with Gasteiger partial charge in [0.05, 0.1) is 6.04 Å². The maximum Gasteiger partial charge on any atom is 0.333 e. The number of likely N-dealkylation sites (tertiary alicyclic amines) is 2. The molecular formula is C35H66N6O8. The summed E-state index contributed by atoms with van der Waals surface area (Å²) < 4.78 is 4.45. The molecule has 3 rings (SSSR count). The van der Waals surface area contributed by atoms with Gasteiger partial charge >= 0.3 is 5.97 Å². The van der Waals surface area contributed by atoms with Crippen LogP contribution in [-0.2, 0) is 33.5 Å². The van der Waals surface area contributed by atoms with Crippen LogP contribution >= 0.6 is 0 Å². The molecule has 2 fully saturated rings. The van der Waals surface area contributed by atoms with Crippen molar-refractivity contribution in [1.82, 2.24) is 9.80 Å². The molecule has 6 atom stereocenters. The smallest absolute Gasteiger partial charge is 0.333 e. The van der Waals surface area contributed by atoms with Gasteiger partial charge < -0.3 is 42.6 Å². The molecule has 9 N–H and O–H groups in total. The first-order valence-corrected chi connectivity index (χ1v) is 17.9. The number of aliphatic hydroxyl groups excluding tert-OH is 1. The fourth-order valence-electron chi connectivity index (χ4n) is 5.70. The van der Waals surface area contributed by atoms with Crippen molar-refractivity contribution >= 4 is 35.5 Å². The second kappa shape index (κ2) is 26.4. The molecule has 1 unspecified atom stereocenters. The number of amides is 5. The topological polar surface area (TPSA) is 242 Å². The van der Waals surface area contributed by atoms with Gasteiger partial charge in [-0.2, -0.15) is 0 Å². The summed E-state index contributed by atoms with van der Waals surface area (Å²) >= 11 is 0. The minimum atomic E-state index is -0.979. The lowest BCUT2D eigenvalue weighted by molar-refractivity contribution is -0.151. The highest BCUT2D eigenvalue weighted by atomic mass is 16.6. The lowest BCUT2D eigenvalue weighted by atomic mass is 10.0. The van der Waals surface area contributed by atoms with Gasteiger partial charge in [0, 0.05) is 37.6 Å². The van der Waals surface area contributed by atoms with Crippen molar-refractivity contribution in [1.29, 1.82) is 0 Å². The van der Waals surface area contributed by atoms with E-state index in [1.165, 1.54) is 6.08 Å². The molecule has 3 aliphatic heterocycles. The SMILES string of the molecule is CC.CCCC1=CC(=O)OC1O.CCC[C@@H]1CC(=O)N([C@@H](CC)C(N)=O)C1.CCC[C@H]1CC(=O)N([C@@H](CC)C(N)=O)C1.CC[C@H](N)C(N)=O. The van der Waals surface area contributed by atoms with E-state index in [0.717, 1.165) is 38.5 Å². The number of nitrogens with zero attached hydrogens (tertiary/aromatic N) is 2. The highest BCUT2D eigenvalue weighted by Crippen LogP contribution is 2.26. The van der Waals surface area contributed by atoms with Crippen LogP contribution in [0.1, 0.15) is 126 Å². The Kier molecular flexibility index (Phi) is 25.6. The first-order chi connectivity index (χ1) is 23.1. The fraction of sp³-hybridized carbons (Fsp3) is 0.771.